The molecule has 0 amide bonds. The van der Waals surface area contributed by atoms with Crippen LogP contribution >= 0.6 is 11.6 Å². The van der Waals surface area contributed by atoms with Gasteiger partial charge in [-0.25, -0.2) is 9.97 Å². The van der Waals surface area contributed by atoms with Crippen molar-refractivity contribution in [1.82, 2.24) is 15.0 Å². The molecule has 0 saturated carbocycles. The Bertz CT molecular complexity index is 562. The van der Waals surface area contributed by atoms with Gasteiger partial charge in [0, 0.05) is 12.3 Å². The van der Waals surface area contributed by atoms with Crippen molar-refractivity contribution in [3.8, 4) is 5.75 Å². The van der Waals surface area contributed by atoms with Crippen LogP contribution in [-0.4, -0.2) is 27.7 Å². The Kier molecular flexibility index (Phi) is 3.51. The Morgan fingerprint density at radius 3 is 2.78 bits per heavy atom. The summed E-state index contributed by atoms with van der Waals surface area (Å²) in [6.07, 6.45) is -2.51. The van der Waals surface area contributed by atoms with Crippen molar-refractivity contribution in [2.24, 2.45) is 0 Å². The SMILES string of the molecule is FC(F)(F)CCOc1ccnc2cnc(Cl)nc12. The predicted octanol–water partition coefficient (Wildman–Crippen LogP) is 3.01. The van der Waals surface area contributed by atoms with Crippen LogP contribution in [0.3, 0.4) is 0 Å². The Morgan fingerprint density at radius 1 is 1.28 bits per heavy atom. The highest BCUT2D eigenvalue weighted by Crippen LogP contribution is 2.24. The third-order valence-corrected chi connectivity index (χ3v) is 2.24. The van der Waals surface area contributed by atoms with Crippen molar-refractivity contribution in [3.63, 3.8) is 0 Å². The first-order valence-corrected chi connectivity index (χ1v) is 5.30. The summed E-state index contributed by atoms with van der Waals surface area (Å²) in [4.78, 5) is 11.6. The van der Waals surface area contributed by atoms with Gasteiger partial charge < -0.3 is 4.74 Å². The molecule has 0 unspecified atom stereocenters. The van der Waals surface area contributed by atoms with Crippen LogP contribution in [0.5, 0.6) is 5.75 Å². The summed E-state index contributed by atoms with van der Waals surface area (Å²) >= 11 is 5.61. The van der Waals surface area contributed by atoms with E-state index >= 15 is 0 Å². The molecule has 0 atom stereocenters. The number of hydrogen-bond donors (Lipinski definition) is 0. The molecule has 18 heavy (non-hydrogen) atoms. The van der Waals surface area contributed by atoms with Crippen LogP contribution in [0.2, 0.25) is 5.28 Å². The lowest BCUT2D eigenvalue weighted by Crippen LogP contribution is -2.13. The van der Waals surface area contributed by atoms with Crippen molar-refractivity contribution in [3.05, 3.63) is 23.7 Å². The van der Waals surface area contributed by atoms with Crippen molar-refractivity contribution in [1.29, 1.82) is 0 Å². The minimum atomic E-state index is -4.25. The molecular weight excluding hydrogens is 271 g/mol. The molecule has 0 aromatic carbocycles. The topological polar surface area (TPSA) is 47.9 Å². The molecule has 0 N–H and O–H groups in total. The first kappa shape index (κ1) is 12.8. The maximum absolute atomic E-state index is 12.0. The van der Waals surface area contributed by atoms with E-state index in [1.807, 2.05) is 0 Å². The van der Waals surface area contributed by atoms with E-state index in [9.17, 15) is 13.2 Å². The van der Waals surface area contributed by atoms with Gasteiger partial charge in [-0.1, -0.05) is 0 Å². The first-order valence-electron chi connectivity index (χ1n) is 4.92. The first-order chi connectivity index (χ1) is 8.46. The summed E-state index contributed by atoms with van der Waals surface area (Å²) in [7, 11) is 0. The molecule has 4 nitrogen and oxygen atoms in total. The molecule has 0 radical (unpaired) electrons. The van der Waals surface area contributed by atoms with Crippen LogP contribution in [-0.2, 0) is 0 Å². The molecule has 0 aliphatic rings. The summed E-state index contributed by atoms with van der Waals surface area (Å²) in [5.41, 5.74) is 0.698. The molecule has 96 valence electrons. The van der Waals surface area contributed by atoms with Gasteiger partial charge in [-0.15, -0.1) is 0 Å². The average Bonchev–Trinajstić information content (AvgIpc) is 2.28. The number of hydrogen-bond acceptors (Lipinski definition) is 4. The Balaban J connectivity index is 2.20. The van der Waals surface area contributed by atoms with Gasteiger partial charge in [-0.05, 0) is 11.6 Å². The Hall–Kier alpha value is -1.63. The molecular formula is C10H7ClF3N3O. The van der Waals surface area contributed by atoms with Gasteiger partial charge in [-0.2, -0.15) is 13.2 Å². The van der Waals surface area contributed by atoms with Crippen molar-refractivity contribution >= 4 is 22.6 Å². The van der Waals surface area contributed by atoms with Gasteiger partial charge in [0.05, 0.1) is 19.2 Å². The molecule has 0 fully saturated rings. The summed E-state index contributed by atoms with van der Waals surface area (Å²) in [6, 6.07) is 1.43. The second-order valence-corrected chi connectivity index (χ2v) is 3.73. The summed E-state index contributed by atoms with van der Waals surface area (Å²) in [5.74, 6) is 0.202. The average molecular weight is 278 g/mol. The van der Waals surface area contributed by atoms with E-state index in [4.69, 9.17) is 16.3 Å². The van der Waals surface area contributed by atoms with Crippen LogP contribution in [0.25, 0.3) is 11.0 Å². The van der Waals surface area contributed by atoms with E-state index in [-0.39, 0.29) is 11.0 Å². The second-order valence-electron chi connectivity index (χ2n) is 3.40. The number of alkyl halides is 3. The fourth-order valence-corrected chi connectivity index (χ4v) is 1.42. The van der Waals surface area contributed by atoms with Crippen molar-refractivity contribution in [2.75, 3.05) is 6.61 Å². The summed E-state index contributed by atoms with van der Waals surface area (Å²) in [5, 5.41) is -0.0174. The minimum Gasteiger partial charge on any atom is -0.491 e. The van der Waals surface area contributed by atoms with Crippen LogP contribution < -0.4 is 4.74 Å². The normalized spacial score (nSPS) is 11.8. The molecule has 2 rings (SSSR count). The number of pyridine rings is 1. The van der Waals surface area contributed by atoms with E-state index in [0.29, 0.717) is 11.0 Å². The van der Waals surface area contributed by atoms with Gasteiger partial charge in [-0.3, -0.25) is 4.98 Å². The standard InChI is InChI=1S/C10H7ClF3N3O/c11-9-16-5-6-8(17-9)7(1-3-15-6)18-4-2-10(12,13)14/h1,3,5H,2,4H2. The highest BCUT2D eigenvalue weighted by Gasteiger charge is 2.27. The highest BCUT2D eigenvalue weighted by molar-refractivity contribution is 6.28. The maximum atomic E-state index is 12.0. The number of aromatic nitrogens is 3. The zero-order valence-corrected chi connectivity index (χ0v) is 9.66. The van der Waals surface area contributed by atoms with Gasteiger partial charge in [0.25, 0.3) is 0 Å². The zero-order chi connectivity index (χ0) is 13.2. The quantitative estimate of drug-likeness (QED) is 0.809. The van der Waals surface area contributed by atoms with E-state index in [0.717, 1.165) is 0 Å². The minimum absolute atomic E-state index is 0.0174. The Morgan fingerprint density at radius 2 is 2.06 bits per heavy atom. The van der Waals surface area contributed by atoms with Crippen LogP contribution in [0.1, 0.15) is 6.42 Å². The number of fused-ring (bicyclic) bond motifs is 1. The van der Waals surface area contributed by atoms with E-state index in [1.165, 1.54) is 18.5 Å². The van der Waals surface area contributed by atoms with Gasteiger partial charge >= 0.3 is 6.18 Å². The molecule has 0 aliphatic heterocycles. The van der Waals surface area contributed by atoms with Crippen molar-refractivity contribution in [2.45, 2.75) is 12.6 Å². The molecule has 0 saturated heterocycles. The number of ether oxygens (including phenoxy) is 1. The zero-order valence-electron chi connectivity index (χ0n) is 8.91. The van der Waals surface area contributed by atoms with E-state index in [2.05, 4.69) is 15.0 Å². The molecule has 0 bridgehead atoms. The van der Waals surface area contributed by atoms with Crippen LogP contribution in [0.4, 0.5) is 13.2 Å². The fraction of sp³-hybridized carbons (Fsp3) is 0.300. The number of nitrogens with zero attached hydrogens (tertiary/aromatic N) is 3. The summed E-state index contributed by atoms with van der Waals surface area (Å²) < 4.78 is 41.0. The largest absolute Gasteiger partial charge is 0.491 e. The highest BCUT2D eigenvalue weighted by atomic mass is 35.5. The third-order valence-electron chi connectivity index (χ3n) is 2.06. The predicted molar refractivity (Wildman–Crippen MR) is 58.5 cm³/mol. The second kappa shape index (κ2) is 4.93. The van der Waals surface area contributed by atoms with Gasteiger partial charge in [0.1, 0.15) is 16.8 Å². The number of rotatable bonds is 3. The van der Waals surface area contributed by atoms with Crippen LogP contribution in [0.15, 0.2) is 18.5 Å². The Labute approximate surface area is 105 Å². The molecule has 8 heteroatoms. The molecule has 2 aromatic heterocycles. The maximum Gasteiger partial charge on any atom is 0.392 e. The van der Waals surface area contributed by atoms with Crippen LogP contribution in [0, 0.1) is 0 Å². The molecule has 0 aliphatic carbocycles. The third kappa shape index (κ3) is 3.19. The fourth-order valence-electron chi connectivity index (χ4n) is 1.29. The molecule has 0 spiro atoms. The van der Waals surface area contributed by atoms with Gasteiger partial charge in [0.15, 0.2) is 0 Å². The lowest BCUT2D eigenvalue weighted by molar-refractivity contribution is -0.139. The number of halogens is 4. The van der Waals surface area contributed by atoms with E-state index < -0.39 is 19.2 Å². The van der Waals surface area contributed by atoms with Crippen molar-refractivity contribution < 1.29 is 17.9 Å². The monoisotopic (exact) mass is 277 g/mol. The van der Waals surface area contributed by atoms with E-state index in [1.54, 1.807) is 0 Å². The lowest BCUT2D eigenvalue weighted by Gasteiger charge is -2.09. The summed E-state index contributed by atoms with van der Waals surface area (Å²) in [6.45, 7) is -0.482. The lowest BCUT2D eigenvalue weighted by atomic mass is 10.3. The smallest absolute Gasteiger partial charge is 0.392 e. The molecule has 2 aromatic rings. The molecule has 2 heterocycles. The van der Waals surface area contributed by atoms with Gasteiger partial charge in [0.2, 0.25) is 5.28 Å².